The molecule has 2 rings (SSSR count). The average Bonchev–Trinajstić information content (AvgIpc) is 2.99. The minimum atomic E-state index is 0.0951. The van der Waals surface area contributed by atoms with Crippen LogP contribution in [-0.4, -0.2) is 27.4 Å². The van der Waals surface area contributed by atoms with Crippen molar-refractivity contribution in [1.29, 1.82) is 5.26 Å². The van der Waals surface area contributed by atoms with Gasteiger partial charge in [-0.05, 0) is 24.7 Å². The molecule has 1 aromatic rings. The highest BCUT2D eigenvalue weighted by molar-refractivity contribution is 5.77. The molecule has 118 valence electrons. The fourth-order valence-electron chi connectivity index (χ4n) is 2.76. The first-order chi connectivity index (χ1) is 10.6. The quantitative estimate of drug-likeness (QED) is 0.817. The molecule has 0 bridgehead atoms. The van der Waals surface area contributed by atoms with Gasteiger partial charge >= 0.3 is 0 Å². The van der Waals surface area contributed by atoms with Gasteiger partial charge in [0.15, 0.2) is 0 Å². The second-order valence-electron chi connectivity index (χ2n) is 6.24. The second-order valence-corrected chi connectivity index (χ2v) is 6.24. The monoisotopic (exact) mass is 301 g/mol. The maximum absolute atomic E-state index is 12.5. The average molecular weight is 301 g/mol. The predicted molar refractivity (Wildman–Crippen MR) is 83.5 cm³/mol. The minimum absolute atomic E-state index is 0.0951. The molecule has 1 aliphatic rings. The molecule has 1 saturated carbocycles. The molecular weight excluding hydrogens is 278 g/mol. The number of nitrogens with one attached hydrogen (secondary N) is 1. The molecule has 6 heteroatoms. The molecule has 0 unspecified atom stereocenters. The number of hydrogen-bond donors (Lipinski definition) is 1. The summed E-state index contributed by atoms with van der Waals surface area (Å²) in [6.07, 6.45) is 6.85. The van der Waals surface area contributed by atoms with Crippen LogP contribution in [0, 0.1) is 23.2 Å². The normalized spacial score (nSPS) is 14.8. The van der Waals surface area contributed by atoms with Gasteiger partial charge in [0, 0.05) is 25.2 Å². The Balaban J connectivity index is 2.04. The van der Waals surface area contributed by atoms with Crippen LogP contribution in [-0.2, 0) is 4.79 Å². The first-order valence-corrected chi connectivity index (χ1v) is 7.88. The van der Waals surface area contributed by atoms with E-state index in [0.29, 0.717) is 30.6 Å². The zero-order valence-electron chi connectivity index (χ0n) is 13.2. The van der Waals surface area contributed by atoms with E-state index >= 15 is 0 Å². The van der Waals surface area contributed by atoms with E-state index in [1.165, 1.54) is 19.0 Å². The molecule has 0 atom stereocenters. The predicted octanol–water partition coefficient (Wildman–Crippen LogP) is 2.74. The van der Waals surface area contributed by atoms with Crippen molar-refractivity contribution in [2.75, 3.05) is 12.0 Å². The highest BCUT2D eigenvalue weighted by Crippen LogP contribution is 2.28. The summed E-state index contributed by atoms with van der Waals surface area (Å²) in [4.78, 5) is 20.5. The highest BCUT2D eigenvalue weighted by atomic mass is 16.2. The van der Waals surface area contributed by atoms with Crippen molar-refractivity contribution in [2.45, 2.75) is 46.0 Å². The maximum atomic E-state index is 12.5. The van der Waals surface area contributed by atoms with E-state index in [4.69, 9.17) is 5.26 Å². The first kappa shape index (κ1) is 16.2. The van der Waals surface area contributed by atoms with Gasteiger partial charge in [-0.3, -0.25) is 15.2 Å². The van der Waals surface area contributed by atoms with E-state index in [-0.39, 0.29) is 11.7 Å². The number of carbonyl (C=O) groups excluding carboxylic acids is 1. The maximum Gasteiger partial charge on any atom is 0.241 e. The Morgan fingerprint density at radius 1 is 1.50 bits per heavy atom. The molecule has 0 spiro atoms. The van der Waals surface area contributed by atoms with Crippen LogP contribution < -0.4 is 5.43 Å². The third-order valence-corrected chi connectivity index (χ3v) is 3.79. The Bertz CT molecular complexity index is 546. The number of rotatable bonds is 6. The molecule has 1 amide bonds. The van der Waals surface area contributed by atoms with Gasteiger partial charge in [-0.15, -0.1) is 0 Å². The number of hydrogen-bond acceptors (Lipinski definition) is 5. The molecule has 0 radical (unpaired) electrons. The van der Waals surface area contributed by atoms with E-state index < -0.39 is 0 Å². The third-order valence-electron chi connectivity index (χ3n) is 3.79. The summed E-state index contributed by atoms with van der Waals surface area (Å²) < 4.78 is 0. The minimum Gasteiger partial charge on any atom is -0.279 e. The van der Waals surface area contributed by atoms with Crippen molar-refractivity contribution in [3.8, 4) is 6.07 Å². The largest absolute Gasteiger partial charge is 0.279 e. The summed E-state index contributed by atoms with van der Waals surface area (Å²) in [7, 11) is 0. The van der Waals surface area contributed by atoms with Gasteiger partial charge in [0.25, 0.3) is 0 Å². The van der Waals surface area contributed by atoms with E-state index in [2.05, 4.69) is 29.2 Å². The van der Waals surface area contributed by atoms with Gasteiger partial charge in [-0.25, -0.2) is 9.97 Å². The zero-order valence-corrected chi connectivity index (χ0v) is 13.2. The van der Waals surface area contributed by atoms with Crippen LogP contribution in [0.2, 0.25) is 0 Å². The Morgan fingerprint density at radius 3 is 2.86 bits per heavy atom. The number of nitrogens with zero attached hydrogens (tertiary/aromatic N) is 4. The first-order valence-electron chi connectivity index (χ1n) is 7.88. The lowest BCUT2D eigenvalue weighted by Crippen LogP contribution is -2.40. The standard InChI is InChI=1S/C16H23N5O/c1-12(2)11-21(16(22)9-13-5-3-4-6-13)20-14-7-8-18-15(10-17)19-14/h7-8,12-13H,3-6,9,11H2,1-2H3,(H,18,19,20). The molecule has 0 saturated heterocycles. The van der Waals surface area contributed by atoms with Crippen LogP contribution in [0.25, 0.3) is 0 Å². The van der Waals surface area contributed by atoms with Crippen molar-refractivity contribution in [3.63, 3.8) is 0 Å². The summed E-state index contributed by atoms with van der Waals surface area (Å²) in [6, 6.07) is 3.57. The Hall–Kier alpha value is -2.16. The van der Waals surface area contributed by atoms with E-state index in [1.54, 1.807) is 11.1 Å². The van der Waals surface area contributed by atoms with E-state index in [1.807, 2.05) is 6.07 Å². The Morgan fingerprint density at radius 2 is 2.23 bits per heavy atom. The molecule has 6 nitrogen and oxygen atoms in total. The van der Waals surface area contributed by atoms with E-state index in [9.17, 15) is 4.79 Å². The van der Waals surface area contributed by atoms with Crippen LogP contribution in [0.4, 0.5) is 5.82 Å². The van der Waals surface area contributed by atoms with Gasteiger partial charge in [-0.2, -0.15) is 5.26 Å². The molecule has 1 N–H and O–H groups in total. The van der Waals surface area contributed by atoms with Gasteiger partial charge in [0.05, 0.1) is 0 Å². The number of aromatic nitrogens is 2. The Labute approximate surface area is 131 Å². The summed E-state index contributed by atoms with van der Waals surface area (Å²) in [6.45, 7) is 4.74. The van der Waals surface area contributed by atoms with Gasteiger partial charge < -0.3 is 0 Å². The molecule has 1 aliphatic carbocycles. The molecular formula is C16H23N5O. The topological polar surface area (TPSA) is 81.9 Å². The van der Waals surface area contributed by atoms with Crippen molar-refractivity contribution in [2.24, 2.45) is 11.8 Å². The SMILES string of the molecule is CC(C)CN(Nc1ccnc(C#N)n1)C(=O)CC1CCCC1. The van der Waals surface area contributed by atoms with Gasteiger partial charge in [-0.1, -0.05) is 26.7 Å². The number of carbonyl (C=O) groups is 1. The van der Waals surface area contributed by atoms with Gasteiger partial charge in [0.2, 0.25) is 11.7 Å². The smallest absolute Gasteiger partial charge is 0.241 e. The van der Waals surface area contributed by atoms with E-state index in [0.717, 1.165) is 12.8 Å². The van der Waals surface area contributed by atoms with Crippen LogP contribution in [0.5, 0.6) is 0 Å². The molecule has 22 heavy (non-hydrogen) atoms. The Kier molecular flexibility index (Phi) is 5.70. The third kappa shape index (κ3) is 4.69. The van der Waals surface area contributed by atoms with Crippen molar-refractivity contribution in [1.82, 2.24) is 15.0 Å². The summed E-state index contributed by atoms with van der Waals surface area (Å²) in [5.41, 5.74) is 3.04. The van der Waals surface area contributed by atoms with Crippen molar-refractivity contribution in [3.05, 3.63) is 18.1 Å². The summed E-state index contributed by atoms with van der Waals surface area (Å²) >= 11 is 0. The van der Waals surface area contributed by atoms with Crippen LogP contribution >= 0.6 is 0 Å². The van der Waals surface area contributed by atoms with Gasteiger partial charge in [0.1, 0.15) is 11.9 Å². The number of amides is 1. The fourth-order valence-corrected chi connectivity index (χ4v) is 2.76. The molecule has 0 aliphatic heterocycles. The number of hydrazine groups is 1. The number of nitriles is 1. The van der Waals surface area contributed by atoms with Crippen molar-refractivity contribution >= 4 is 11.7 Å². The summed E-state index contributed by atoms with van der Waals surface area (Å²) in [5, 5.41) is 10.5. The molecule has 1 heterocycles. The zero-order chi connectivity index (χ0) is 15.9. The molecule has 0 aromatic carbocycles. The van der Waals surface area contributed by atoms with Crippen LogP contribution in [0.1, 0.15) is 51.8 Å². The number of anilines is 1. The van der Waals surface area contributed by atoms with Crippen LogP contribution in [0.15, 0.2) is 12.3 Å². The second kappa shape index (κ2) is 7.74. The lowest BCUT2D eigenvalue weighted by Gasteiger charge is -2.26. The molecule has 1 fully saturated rings. The van der Waals surface area contributed by atoms with Crippen molar-refractivity contribution < 1.29 is 4.79 Å². The highest BCUT2D eigenvalue weighted by Gasteiger charge is 2.23. The van der Waals surface area contributed by atoms with Crippen LogP contribution in [0.3, 0.4) is 0 Å². The summed E-state index contributed by atoms with van der Waals surface area (Å²) in [5.74, 6) is 1.52. The fraction of sp³-hybridized carbons (Fsp3) is 0.625. The lowest BCUT2D eigenvalue weighted by molar-refractivity contribution is -0.131. The molecule has 1 aromatic heterocycles. The lowest BCUT2D eigenvalue weighted by atomic mass is 10.0.